The quantitative estimate of drug-likeness (QED) is 0.827. The van der Waals surface area contributed by atoms with Gasteiger partial charge in [0.15, 0.2) is 0 Å². The van der Waals surface area contributed by atoms with E-state index >= 15 is 0 Å². The van der Waals surface area contributed by atoms with E-state index in [1.807, 2.05) is 19.1 Å². The van der Waals surface area contributed by atoms with Crippen LogP contribution >= 0.6 is 0 Å². The zero-order valence-corrected chi connectivity index (χ0v) is 9.93. The Balaban J connectivity index is 2.43. The maximum absolute atomic E-state index is 11.4. The Morgan fingerprint density at radius 3 is 2.76 bits per heavy atom. The summed E-state index contributed by atoms with van der Waals surface area (Å²) in [6.07, 6.45) is 0.491. The Hall–Kier alpha value is -1.55. The van der Waals surface area contributed by atoms with E-state index in [1.54, 1.807) is 13.2 Å². The predicted octanol–water partition coefficient (Wildman–Crippen LogP) is 1.34. The number of ether oxygens (including phenoxy) is 1. The van der Waals surface area contributed by atoms with Crippen molar-refractivity contribution in [3.63, 3.8) is 0 Å². The van der Waals surface area contributed by atoms with Crippen molar-refractivity contribution in [3.05, 3.63) is 29.3 Å². The molecule has 17 heavy (non-hydrogen) atoms. The lowest BCUT2D eigenvalue weighted by Gasteiger charge is -2.14. The van der Waals surface area contributed by atoms with E-state index in [9.17, 15) is 9.90 Å². The number of hydrogen-bond donors (Lipinski definition) is 2. The van der Waals surface area contributed by atoms with E-state index in [0.29, 0.717) is 17.7 Å². The number of methoxy groups -OCH3 is 1. The number of hydrogen-bond acceptors (Lipinski definition) is 3. The van der Waals surface area contributed by atoms with Crippen LogP contribution in [-0.4, -0.2) is 29.9 Å². The van der Waals surface area contributed by atoms with Crippen molar-refractivity contribution >= 4 is 5.97 Å². The van der Waals surface area contributed by atoms with Crippen molar-refractivity contribution in [1.82, 2.24) is 0 Å². The number of aliphatic hydroxyl groups excluding tert-OH is 1. The van der Waals surface area contributed by atoms with Crippen LogP contribution in [-0.2, 0) is 10.2 Å². The smallest absolute Gasteiger partial charge is 0.314 e. The molecule has 2 N–H and O–H groups in total. The highest BCUT2D eigenvalue weighted by Crippen LogP contribution is 2.54. The molecule has 1 aromatic carbocycles. The maximum Gasteiger partial charge on any atom is 0.314 e. The van der Waals surface area contributed by atoms with Gasteiger partial charge in [-0.1, -0.05) is 12.1 Å². The van der Waals surface area contributed by atoms with Crippen LogP contribution in [0.3, 0.4) is 0 Å². The Bertz CT molecular complexity index is 455. The molecule has 0 amide bonds. The standard InChI is InChI=1S/C13H16O4/c1-8-3-4-9(5-11(8)17-2)13(12(15)16)6-10(13)7-14/h3-5,10,14H,6-7H2,1-2H3,(H,15,16). The van der Waals surface area contributed by atoms with Crippen molar-refractivity contribution in [3.8, 4) is 5.75 Å². The Morgan fingerprint density at radius 2 is 2.29 bits per heavy atom. The maximum atomic E-state index is 11.4. The first-order valence-corrected chi connectivity index (χ1v) is 5.55. The number of carboxylic acids is 1. The number of aliphatic hydroxyl groups is 1. The molecule has 1 aromatic rings. The topological polar surface area (TPSA) is 66.8 Å². The second-order valence-electron chi connectivity index (χ2n) is 4.54. The zero-order valence-electron chi connectivity index (χ0n) is 9.93. The number of carbonyl (C=O) groups is 1. The molecule has 4 heteroatoms. The number of aryl methyl sites for hydroxylation is 1. The Morgan fingerprint density at radius 1 is 1.59 bits per heavy atom. The van der Waals surface area contributed by atoms with Gasteiger partial charge in [0.25, 0.3) is 0 Å². The molecule has 2 unspecified atom stereocenters. The average Bonchev–Trinajstić information content (AvgIpc) is 3.05. The van der Waals surface area contributed by atoms with Crippen LogP contribution in [0.15, 0.2) is 18.2 Å². The third kappa shape index (κ3) is 1.69. The molecule has 0 bridgehead atoms. The molecule has 2 rings (SSSR count). The highest BCUT2D eigenvalue weighted by molar-refractivity contribution is 5.86. The van der Waals surface area contributed by atoms with Crippen LogP contribution < -0.4 is 4.74 Å². The average molecular weight is 236 g/mol. The fourth-order valence-corrected chi connectivity index (χ4v) is 2.39. The monoisotopic (exact) mass is 236 g/mol. The summed E-state index contributed by atoms with van der Waals surface area (Å²) in [5.41, 5.74) is 0.764. The molecule has 1 fully saturated rings. The molecular formula is C13H16O4. The minimum Gasteiger partial charge on any atom is -0.496 e. The molecular weight excluding hydrogens is 220 g/mol. The summed E-state index contributed by atoms with van der Waals surface area (Å²) in [5.74, 6) is -0.374. The van der Waals surface area contributed by atoms with Crippen molar-refractivity contribution in [2.75, 3.05) is 13.7 Å². The van der Waals surface area contributed by atoms with Crippen LogP contribution in [0.4, 0.5) is 0 Å². The lowest BCUT2D eigenvalue weighted by molar-refractivity contribution is -0.140. The number of aliphatic carboxylic acids is 1. The van der Waals surface area contributed by atoms with Gasteiger partial charge < -0.3 is 14.9 Å². The van der Waals surface area contributed by atoms with Crippen LogP contribution in [0.1, 0.15) is 17.5 Å². The first-order valence-electron chi connectivity index (χ1n) is 5.55. The van der Waals surface area contributed by atoms with Crippen LogP contribution in [0.2, 0.25) is 0 Å². The van der Waals surface area contributed by atoms with Gasteiger partial charge in [0.1, 0.15) is 5.75 Å². The van der Waals surface area contributed by atoms with Gasteiger partial charge in [-0.25, -0.2) is 0 Å². The van der Waals surface area contributed by atoms with Crippen molar-refractivity contribution < 1.29 is 19.7 Å². The minimum atomic E-state index is -0.921. The normalized spacial score (nSPS) is 26.6. The summed E-state index contributed by atoms with van der Waals surface area (Å²) in [6.45, 7) is 1.81. The molecule has 92 valence electrons. The van der Waals surface area contributed by atoms with E-state index in [4.69, 9.17) is 9.84 Å². The van der Waals surface area contributed by atoms with Gasteiger partial charge in [0.05, 0.1) is 12.5 Å². The summed E-state index contributed by atoms with van der Waals surface area (Å²) in [5, 5.41) is 18.5. The fourth-order valence-electron chi connectivity index (χ4n) is 2.39. The zero-order chi connectivity index (χ0) is 12.6. The van der Waals surface area contributed by atoms with Gasteiger partial charge in [-0.05, 0) is 30.5 Å². The molecule has 1 saturated carbocycles. The van der Waals surface area contributed by atoms with Crippen molar-refractivity contribution in [1.29, 1.82) is 0 Å². The van der Waals surface area contributed by atoms with E-state index in [2.05, 4.69) is 0 Å². The first-order chi connectivity index (χ1) is 8.06. The summed E-state index contributed by atoms with van der Waals surface area (Å²) in [7, 11) is 1.57. The predicted molar refractivity (Wildman–Crippen MR) is 62.2 cm³/mol. The van der Waals surface area contributed by atoms with Gasteiger partial charge in [0, 0.05) is 12.5 Å². The summed E-state index contributed by atoms with van der Waals surface area (Å²) < 4.78 is 5.20. The molecule has 0 aromatic heterocycles. The molecule has 0 aliphatic heterocycles. The van der Waals surface area contributed by atoms with Gasteiger partial charge >= 0.3 is 5.97 Å². The summed E-state index contributed by atoms with van der Waals surface area (Å²) in [4.78, 5) is 11.4. The molecule has 1 aliphatic carbocycles. The third-order valence-corrected chi connectivity index (χ3v) is 3.63. The van der Waals surface area contributed by atoms with Gasteiger partial charge in [-0.2, -0.15) is 0 Å². The molecule has 1 aliphatic rings. The lowest BCUT2D eigenvalue weighted by Crippen LogP contribution is -2.23. The molecule has 2 atom stereocenters. The SMILES string of the molecule is COc1cc(C2(C(=O)O)CC2CO)ccc1C. The van der Waals surface area contributed by atoms with Crippen molar-refractivity contribution in [2.24, 2.45) is 5.92 Å². The van der Waals surface area contributed by atoms with Crippen LogP contribution in [0.25, 0.3) is 0 Å². The van der Waals surface area contributed by atoms with E-state index in [1.165, 1.54) is 0 Å². The highest BCUT2D eigenvalue weighted by Gasteiger charge is 2.61. The number of benzene rings is 1. The fraction of sp³-hybridized carbons (Fsp3) is 0.462. The van der Waals surface area contributed by atoms with Gasteiger partial charge in [-0.15, -0.1) is 0 Å². The first kappa shape index (κ1) is 11.9. The highest BCUT2D eigenvalue weighted by atomic mass is 16.5. The largest absolute Gasteiger partial charge is 0.496 e. The third-order valence-electron chi connectivity index (χ3n) is 3.63. The van der Waals surface area contributed by atoms with E-state index in [-0.39, 0.29) is 12.5 Å². The molecule has 0 radical (unpaired) electrons. The van der Waals surface area contributed by atoms with E-state index < -0.39 is 11.4 Å². The number of carboxylic acid groups (broad SMARTS) is 1. The second kappa shape index (κ2) is 4.04. The molecule has 4 nitrogen and oxygen atoms in total. The van der Waals surface area contributed by atoms with Gasteiger partial charge in [0.2, 0.25) is 0 Å². The Kier molecular flexibility index (Phi) is 2.83. The summed E-state index contributed by atoms with van der Waals surface area (Å²) >= 11 is 0. The van der Waals surface area contributed by atoms with Crippen LogP contribution in [0, 0.1) is 12.8 Å². The molecule has 0 saturated heterocycles. The molecule has 0 spiro atoms. The van der Waals surface area contributed by atoms with Gasteiger partial charge in [-0.3, -0.25) is 4.79 Å². The second-order valence-corrected chi connectivity index (χ2v) is 4.54. The lowest BCUT2D eigenvalue weighted by atomic mass is 9.92. The minimum absolute atomic E-state index is 0.0948. The Labute approximate surface area is 99.8 Å². The van der Waals surface area contributed by atoms with E-state index in [0.717, 1.165) is 5.56 Å². The summed E-state index contributed by atoms with van der Waals surface area (Å²) in [6, 6.07) is 5.42. The van der Waals surface area contributed by atoms with Crippen molar-refractivity contribution in [2.45, 2.75) is 18.8 Å². The number of rotatable bonds is 4. The van der Waals surface area contributed by atoms with Crippen LogP contribution in [0.5, 0.6) is 5.75 Å². The molecule has 0 heterocycles.